The maximum absolute atomic E-state index is 3.66. The number of nitrogens with zero attached hydrogens (tertiary/aromatic N) is 1. The maximum atomic E-state index is 3.66. The minimum Gasteiger partial charge on any atom is -0.314 e. The number of hydrogen-bond acceptors (Lipinski definition) is 2. The van der Waals surface area contributed by atoms with E-state index in [4.69, 9.17) is 0 Å². The molecule has 1 saturated carbocycles. The van der Waals surface area contributed by atoms with Crippen LogP contribution in [0.2, 0.25) is 0 Å². The van der Waals surface area contributed by atoms with Crippen molar-refractivity contribution in [2.75, 3.05) is 19.6 Å². The van der Waals surface area contributed by atoms with Crippen molar-refractivity contribution in [1.29, 1.82) is 0 Å². The van der Waals surface area contributed by atoms with Crippen LogP contribution in [0, 0.1) is 5.92 Å². The Hall–Kier alpha value is -0.0800. The molecule has 1 aliphatic carbocycles. The fourth-order valence-electron chi connectivity index (χ4n) is 3.99. The van der Waals surface area contributed by atoms with E-state index in [2.05, 4.69) is 10.2 Å². The summed E-state index contributed by atoms with van der Waals surface area (Å²) < 4.78 is 0. The van der Waals surface area contributed by atoms with Gasteiger partial charge in [0.05, 0.1) is 0 Å². The van der Waals surface area contributed by atoms with E-state index >= 15 is 0 Å². The standard InChI is InChI=1S/C13H24N2/c1-2-5-11(6-3-1)13-10-14-9-12-7-4-8-15(12)13/h11-14H,1-10H2. The van der Waals surface area contributed by atoms with E-state index in [-0.39, 0.29) is 0 Å². The van der Waals surface area contributed by atoms with Gasteiger partial charge < -0.3 is 5.32 Å². The molecule has 2 aliphatic heterocycles. The van der Waals surface area contributed by atoms with Gasteiger partial charge in [0.2, 0.25) is 0 Å². The zero-order valence-electron chi connectivity index (χ0n) is 9.75. The van der Waals surface area contributed by atoms with E-state index in [1.165, 1.54) is 64.6 Å². The first-order valence-electron chi connectivity index (χ1n) is 6.91. The van der Waals surface area contributed by atoms with E-state index in [0.717, 1.165) is 18.0 Å². The second-order valence-electron chi connectivity index (χ2n) is 5.66. The Morgan fingerprint density at radius 2 is 1.73 bits per heavy atom. The monoisotopic (exact) mass is 208 g/mol. The van der Waals surface area contributed by atoms with Crippen LogP contribution in [0.15, 0.2) is 0 Å². The van der Waals surface area contributed by atoms with Crippen LogP contribution >= 0.6 is 0 Å². The van der Waals surface area contributed by atoms with Crippen molar-refractivity contribution in [3.8, 4) is 0 Å². The van der Waals surface area contributed by atoms with Gasteiger partial charge >= 0.3 is 0 Å². The minimum atomic E-state index is 0.880. The molecule has 3 rings (SSSR count). The lowest BCUT2D eigenvalue weighted by Crippen LogP contribution is -2.57. The van der Waals surface area contributed by atoms with Crippen molar-refractivity contribution in [2.24, 2.45) is 5.92 Å². The molecule has 3 aliphatic rings. The molecule has 2 saturated heterocycles. The maximum Gasteiger partial charge on any atom is 0.0252 e. The van der Waals surface area contributed by atoms with Crippen LogP contribution in [-0.2, 0) is 0 Å². The Kier molecular flexibility index (Phi) is 2.98. The van der Waals surface area contributed by atoms with Gasteiger partial charge in [-0.05, 0) is 38.1 Å². The molecular formula is C13H24N2. The summed E-state index contributed by atoms with van der Waals surface area (Å²) in [6, 6.07) is 1.76. The first kappa shape index (κ1) is 10.1. The summed E-state index contributed by atoms with van der Waals surface area (Å²) in [5.41, 5.74) is 0. The summed E-state index contributed by atoms with van der Waals surface area (Å²) in [6.07, 6.45) is 10.3. The van der Waals surface area contributed by atoms with Gasteiger partial charge in [0.1, 0.15) is 0 Å². The smallest absolute Gasteiger partial charge is 0.0252 e. The molecule has 15 heavy (non-hydrogen) atoms. The van der Waals surface area contributed by atoms with Crippen LogP contribution in [0.1, 0.15) is 44.9 Å². The van der Waals surface area contributed by atoms with Crippen LogP contribution in [0.4, 0.5) is 0 Å². The highest BCUT2D eigenvalue weighted by Gasteiger charge is 2.37. The number of nitrogens with one attached hydrogen (secondary N) is 1. The largest absolute Gasteiger partial charge is 0.314 e. The van der Waals surface area contributed by atoms with Crippen molar-refractivity contribution in [3.05, 3.63) is 0 Å². The molecule has 2 atom stereocenters. The van der Waals surface area contributed by atoms with Crippen LogP contribution in [-0.4, -0.2) is 36.6 Å². The predicted octanol–water partition coefficient (Wildman–Crippen LogP) is 2.00. The van der Waals surface area contributed by atoms with Gasteiger partial charge in [-0.3, -0.25) is 4.90 Å². The first-order valence-corrected chi connectivity index (χ1v) is 6.91. The summed E-state index contributed by atoms with van der Waals surface area (Å²) in [5, 5.41) is 3.66. The molecule has 0 radical (unpaired) electrons. The fraction of sp³-hybridized carbons (Fsp3) is 1.00. The van der Waals surface area contributed by atoms with Crippen LogP contribution in [0.25, 0.3) is 0 Å². The number of fused-ring (bicyclic) bond motifs is 1. The van der Waals surface area contributed by atoms with Crippen LogP contribution in [0.3, 0.4) is 0 Å². The third kappa shape index (κ3) is 1.94. The third-order valence-corrected chi connectivity index (χ3v) is 4.78. The molecule has 0 bridgehead atoms. The Bertz CT molecular complexity index is 211. The Balaban J connectivity index is 1.67. The summed E-state index contributed by atoms with van der Waals surface area (Å²) in [6.45, 7) is 3.90. The topological polar surface area (TPSA) is 15.3 Å². The molecule has 2 heteroatoms. The molecule has 0 aromatic heterocycles. The van der Waals surface area contributed by atoms with E-state index in [0.29, 0.717) is 0 Å². The molecule has 86 valence electrons. The molecule has 2 unspecified atom stereocenters. The summed E-state index contributed by atoms with van der Waals surface area (Å²) in [4.78, 5) is 2.84. The van der Waals surface area contributed by atoms with Crippen LogP contribution in [0.5, 0.6) is 0 Å². The lowest BCUT2D eigenvalue weighted by molar-refractivity contribution is 0.0762. The summed E-state index contributed by atoms with van der Waals surface area (Å²) in [7, 11) is 0. The first-order chi connectivity index (χ1) is 7.45. The van der Waals surface area contributed by atoms with Crippen molar-refractivity contribution in [1.82, 2.24) is 10.2 Å². The van der Waals surface area contributed by atoms with Gasteiger partial charge in [0.25, 0.3) is 0 Å². The van der Waals surface area contributed by atoms with Gasteiger partial charge in [-0.15, -0.1) is 0 Å². The van der Waals surface area contributed by atoms with Crippen molar-refractivity contribution in [3.63, 3.8) is 0 Å². The molecular weight excluding hydrogens is 184 g/mol. The molecule has 0 spiro atoms. The molecule has 2 nitrogen and oxygen atoms in total. The van der Waals surface area contributed by atoms with Gasteiger partial charge in [-0.25, -0.2) is 0 Å². The summed E-state index contributed by atoms with van der Waals surface area (Å²) >= 11 is 0. The van der Waals surface area contributed by atoms with Crippen molar-refractivity contribution >= 4 is 0 Å². The predicted molar refractivity (Wildman–Crippen MR) is 63.0 cm³/mol. The normalized spacial score (nSPS) is 39.2. The molecule has 2 heterocycles. The van der Waals surface area contributed by atoms with Crippen molar-refractivity contribution < 1.29 is 0 Å². The zero-order valence-corrected chi connectivity index (χ0v) is 9.75. The lowest BCUT2D eigenvalue weighted by atomic mass is 9.82. The third-order valence-electron chi connectivity index (χ3n) is 4.78. The number of piperazine rings is 1. The molecule has 3 fully saturated rings. The Morgan fingerprint density at radius 1 is 0.867 bits per heavy atom. The molecule has 0 amide bonds. The van der Waals surface area contributed by atoms with Gasteiger partial charge in [-0.2, -0.15) is 0 Å². The van der Waals surface area contributed by atoms with Crippen molar-refractivity contribution in [2.45, 2.75) is 57.0 Å². The van der Waals surface area contributed by atoms with E-state index in [1.54, 1.807) is 0 Å². The highest BCUT2D eigenvalue weighted by atomic mass is 15.3. The van der Waals surface area contributed by atoms with E-state index in [9.17, 15) is 0 Å². The minimum absolute atomic E-state index is 0.880. The van der Waals surface area contributed by atoms with Crippen LogP contribution < -0.4 is 5.32 Å². The average molecular weight is 208 g/mol. The average Bonchev–Trinajstić information content (AvgIpc) is 2.78. The lowest BCUT2D eigenvalue weighted by Gasteiger charge is -2.43. The zero-order chi connectivity index (χ0) is 10.1. The Labute approximate surface area is 93.4 Å². The van der Waals surface area contributed by atoms with Gasteiger partial charge in [0.15, 0.2) is 0 Å². The highest BCUT2D eigenvalue weighted by molar-refractivity contribution is 4.94. The quantitative estimate of drug-likeness (QED) is 0.709. The highest BCUT2D eigenvalue weighted by Crippen LogP contribution is 2.33. The van der Waals surface area contributed by atoms with E-state index in [1.807, 2.05) is 0 Å². The number of hydrogen-bond donors (Lipinski definition) is 1. The SMILES string of the molecule is C1CCC(C2CNCC3CCCN32)CC1. The molecule has 1 N–H and O–H groups in total. The molecule has 0 aromatic carbocycles. The Morgan fingerprint density at radius 3 is 2.60 bits per heavy atom. The molecule has 0 aromatic rings. The second kappa shape index (κ2) is 4.42. The second-order valence-corrected chi connectivity index (χ2v) is 5.66. The summed E-state index contributed by atoms with van der Waals surface area (Å²) in [5.74, 6) is 1.01. The number of rotatable bonds is 1. The van der Waals surface area contributed by atoms with Gasteiger partial charge in [0, 0.05) is 25.2 Å². The fourth-order valence-corrected chi connectivity index (χ4v) is 3.99. The van der Waals surface area contributed by atoms with E-state index < -0.39 is 0 Å². The van der Waals surface area contributed by atoms with Gasteiger partial charge in [-0.1, -0.05) is 19.3 Å².